The smallest absolute Gasteiger partial charge is 0.242 e. The van der Waals surface area contributed by atoms with Crippen LogP contribution in [0.25, 0.3) is 0 Å². The Hall–Kier alpha value is -1.65. The van der Waals surface area contributed by atoms with Gasteiger partial charge < -0.3 is 9.64 Å². The summed E-state index contributed by atoms with van der Waals surface area (Å²) in [7, 11) is 0. The van der Waals surface area contributed by atoms with Crippen molar-refractivity contribution in [1.82, 2.24) is 4.90 Å². The minimum absolute atomic E-state index is 0.0993. The molecule has 0 aliphatic carbocycles. The minimum Gasteiger partial charge on any atom is -0.493 e. The Bertz CT molecular complexity index is 800. The first-order valence-electron chi connectivity index (χ1n) is 8.07. The number of hydrogen-bond acceptors (Lipinski definition) is 3. The van der Waals surface area contributed by atoms with E-state index in [1.807, 2.05) is 89.0 Å². The summed E-state index contributed by atoms with van der Waals surface area (Å²) in [4.78, 5) is 14.9. The van der Waals surface area contributed by atoms with Crippen molar-refractivity contribution in [2.75, 3.05) is 13.2 Å². The van der Waals surface area contributed by atoms with Gasteiger partial charge in [-0.2, -0.15) is 0 Å². The molecule has 2 aromatic rings. The van der Waals surface area contributed by atoms with E-state index >= 15 is 0 Å². The molecule has 2 aromatic carbocycles. The van der Waals surface area contributed by atoms with Crippen molar-refractivity contribution < 1.29 is 9.53 Å². The zero-order chi connectivity index (χ0) is 17.6. The molecule has 0 radical (unpaired) electrons. The van der Waals surface area contributed by atoms with E-state index in [9.17, 15) is 4.79 Å². The third-order valence-electron chi connectivity index (χ3n) is 3.96. The van der Waals surface area contributed by atoms with Gasteiger partial charge in [0.15, 0.2) is 0 Å². The van der Waals surface area contributed by atoms with Gasteiger partial charge in [-0.15, -0.1) is 11.8 Å². The molecule has 3 rings (SSSR count). The van der Waals surface area contributed by atoms with Gasteiger partial charge in [0.2, 0.25) is 5.91 Å². The molecule has 128 valence electrons. The van der Waals surface area contributed by atoms with Crippen molar-refractivity contribution >= 4 is 40.3 Å². The van der Waals surface area contributed by atoms with Gasteiger partial charge >= 0.3 is 0 Å². The quantitative estimate of drug-likeness (QED) is 0.472. The lowest BCUT2D eigenvalue weighted by Crippen LogP contribution is -2.29. The number of hydrogen-bond donors (Lipinski definition) is 0. The zero-order valence-electron chi connectivity index (χ0n) is 13.8. The number of amides is 1. The van der Waals surface area contributed by atoms with Crippen molar-refractivity contribution in [1.29, 1.82) is 0 Å². The predicted octanol–water partition coefficient (Wildman–Crippen LogP) is 4.80. The number of halogens is 1. The highest BCUT2D eigenvalue weighted by molar-refractivity contribution is 14.1. The van der Waals surface area contributed by atoms with Gasteiger partial charge in [0, 0.05) is 28.2 Å². The maximum Gasteiger partial charge on any atom is 0.242 e. The Labute approximate surface area is 166 Å². The predicted molar refractivity (Wildman–Crippen MR) is 111 cm³/mol. The van der Waals surface area contributed by atoms with Crippen molar-refractivity contribution in [2.24, 2.45) is 0 Å². The van der Waals surface area contributed by atoms with E-state index in [1.165, 1.54) is 0 Å². The van der Waals surface area contributed by atoms with Gasteiger partial charge in [-0.05, 0) is 22.5 Å². The second kappa shape index (κ2) is 8.63. The Kier molecular flexibility index (Phi) is 6.27. The zero-order valence-corrected chi connectivity index (χ0v) is 16.8. The van der Waals surface area contributed by atoms with Crippen LogP contribution in [0.2, 0.25) is 0 Å². The van der Waals surface area contributed by atoms with E-state index in [4.69, 9.17) is 4.74 Å². The highest BCUT2D eigenvalue weighted by Gasteiger charge is 2.42. The van der Waals surface area contributed by atoms with E-state index in [0.717, 1.165) is 16.9 Å². The van der Waals surface area contributed by atoms with Crippen LogP contribution in [0.15, 0.2) is 54.6 Å². The Morgan fingerprint density at radius 2 is 1.88 bits per heavy atom. The number of rotatable bonds is 5. The van der Waals surface area contributed by atoms with Crippen LogP contribution < -0.4 is 4.74 Å². The number of carbonyl (C=O) groups is 1. The highest BCUT2D eigenvalue weighted by atomic mass is 127. The van der Waals surface area contributed by atoms with Crippen LogP contribution in [0.4, 0.5) is 0 Å². The minimum atomic E-state index is -0.211. The van der Waals surface area contributed by atoms with E-state index in [-0.39, 0.29) is 16.5 Å². The maximum atomic E-state index is 13.1. The molecule has 1 aliphatic heterocycles. The van der Waals surface area contributed by atoms with Crippen LogP contribution >= 0.6 is 34.4 Å². The normalized spacial score (nSPS) is 19.4. The Balaban J connectivity index is 1.98. The SMILES string of the molecule is CCOc1ccccc1C1SC(c2ccccc2)C(=O)N1CC#CI. The number of thioether (sulfide) groups is 1. The first-order valence-corrected chi connectivity index (χ1v) is 10.1. The topological polar surface area (TPSA) is 29.5 Å². The molecule has 2 atom stereocenters. The second-order valence-corrected chi connectivity index (χ2v) is 7.22. The lowest BCUT2D eigenvalue weighted by Gasteiger charge is -2.23. The summed E-state index contributed by atoms with van der Waals surface area (Å²) in [5.41, 5.74) is 2.05. The van der Waals surface area contributed by atoms with E-state index in [1.54, 1.807) is 11.8 Å². The van der Waals surface area contributed by atoms with E-state index in [0.29, 0.717) is 13.2 Å². The largest absolute Gasteiger partial charge is 0.493 e. The third kappa shape index (κ3) is 3.96. The summed E-state index contributed by atoms with van der Waals surface area (Å²) < 4.78 is 8.66. The van der Waals surface area contributed by atoms with Gasteiger partial charge in [0.05, 0.1) is 13.2 Å². The molecule has 2 unspecified atom stereocenters. The molecule has 1 fully saturated rings. The van der Waals surface area contributed by atoms with Crippen molar-refractivity contribution in [3.8, 4) is 15.6 Å². The van der Waals surface area contributed by atoms with Crippen molar-refractivity contribution in [3.63, 3.8) is 0 Å². The van der Waals surface area contributed by atoms with Gasteiger partial charge in [0.1, 0.15) is 16.4 Å². The molecule has 0 bridgehead atoms. The maximum absolute atomic E-state index is 13.1. The van der Waals surface area contributed by atoms with Crippen LogP contribution in [0.5, 0.6) is 5.75 Å². The van der Waals surface area contributed by atoms with E-state index < -0.39 is 0 Å². The van der Waals surface area contributed by atoms with Crippen LogP contribution in [0.1, 0.15) is 28.7 Å². The molecular formula is C20H18INO2S. The molecule has 0 spiro atoms. The average molecular weight is 463 g/mol. The third-order valence-corrected chi connectivity index (χ3v) is 5.85. The van der Waals surface area contributed by atoms with E-state index in [2.05, 4.69) is 9.85 Å². The van der Waals surface area contributed by atoms with Gasteiger partial charge in [-0.1, -0.05) is 54.5 Å². The number of para-hydroxylation sites is 1. The summed E-state index contributed by atoms with van der Waals surface area (Å²) >= 11 is 3.66. The summed E-state index contributed by atoms with van der Waals surface area (Å²) in [6.45, 7) is 2.98. The van der Waals surface area contributed by atoms with Crippen molar-refractivity contribution in [3.05, 3.63) is 65.7 Å². The molecule has 1 heterocycles. The van der Waals surface area contributed by atoms with Gasteiger partial charge in [-0.3, -0.25) is 4.79 Å². The molecular weight excluding hydrogens is 445 g/mol. The molecule has 0 N–H and O–H groups in total. The fraction of sp³-hybridized carbons (Fsp3) is 0.250. The highest BCUT2D eigenvalue weighted by Crippen LogP contribution is 2.52. The van der Waals surface area contributed by atoms with Crippen LogP contribution in [-0.2, 0) is 4.79 Å². The summed E-state index contributed by atoms with van der Waals surface area (Å²) in [5, 5.41) is -0.311. The summed E-state index contributed by atoms with van der Waals surface area (Å²) in [6.07, 6.45) is 0. The molecule has 25 heavy (non-hydrogen) atoms. The van der Waals surface area contributed by atoms with Crippen LogP contribution in [-0.4, -0.2) is 24.0 Å². The lowest BCUT2D eigenvalue weighted by atomic mass is 10.1. The van der Waals surface area contributed by atoms with Crippen LogP contribution in [0.3, 0.4) is 0 Å². The second-order valence-electron chi connectivity index (χ2n) is 5.49. The number of nitrogens with zero attached hydrogens (tertiary/aromatic N) is 1. The summed E-state index contributed by atoms with van der Waals surface area (Å²) in [5.74, 6) is 3.96. The molecule has 0 aromatic heterocycles. The van der Waals surface area contributed by atoms with Crippen molar-refractivity contribution in [2.45, 2.75) is 17.5 Å². The molecule has 1 saturated heterocycles. The first kappa shape index (κ1) is 18.2. The lowest BCUT2D eigenvalue weighted by molar-refractivity contribution is -0.129. The monoisotopic (exact) mass is 463 g/mol. The number of benzene rings is 2. The van der Waals surface area contributed by atoms with Gasteiger partial charge in [0.25, 0.3) is 0 Å². The molecule has 0 saturated carbocycles. The molecule has 1 aliphatic rings. The first-order chi connectivity index (χ1) is 12.3. The number of carbonyl (C=O) groups excluding carboxylic acids is 1. The number of ether oxygens (including phenoxy) is 1. The fourth-order valence-corrected chi connectivity index (χ4v) is 4.53. The van der Waals surface area contributed by atoms with Gasteiger partial charge in [-0.25, -0.2) is 0 Å². The Morgan fingerprint density at radius 3 is 2.60 bits per heavy atom. The molecule has 5 heteroatoms. The molecule has 1 amide bonds. The van der Waals surface area contributed by atoms with Crippen LogP contribution in [0, 0.1) is 9.85 Å². The average Bonchev–Trinajstić information content (AvgIpc) is 2.98. The standard InChI is InChI=1S/C20H18INO2S/c1-2-24-17-12-7-6-11-16(17)20-22(14-8-13-21)19(23)18(25-20)15-9-4-3-5-10-15/h3-7,9-12,18,20H,2,14H2,1H3. The molecule has 3 nitrogen and oxygen atoms in total. The fourth-order valence-electron chi connectivity index (χ4n) is 2.86. The summed E-state index contributed by atoms with van der Waals surface area (Å²) in [6, 6.07) is 17.9. The Morgan fingerprint density at radius 1 is 1.16 bits per heavy atom.